The van der Waals surface area contributed by atoms with Crippen LogP contribution in [0, 0.1) is 11.8 Å². The van der Waals surface area contributed by atoms with E-state index in [1.165, 1.54) is 12.1 Å². The van der Waals surface area contributed by atoms with Crippen LogP contribution in [0.3, 0.4) is 0 Å². The third-order valence-electron chi connectivity index (χ3n) is 4.99. The number of phenolic OH excluding ortho intramolecular Hbond substituents is 2. The van der Waals surface area contributed by atoms with Crippen molar-refractivity contribution in [2.24, 2.45) is 11.8 Å². The van der Waals surface area contributed by atoms with E-state index in [4.69, 9.17) is 0 Å². The van der Waals surface area contributed by atoms with Crippen LogP contribution in [-0.4, -0.2) is 27.4 Å². The van der Waals surface area contributed by atoms with Crippen LogP contribution in [0.15, 0.2) is 18.2 Å². The molecule has 0 amide bonds. The Balaban J connectivity index is 0.00000161. The highest BCUT2D eigenvalue weighted by atomic mass is 35.5. The number of hydrogen-bond acceptors (Lipinski definition) is 4. The van der Waals surface area contributed by atoms with Gasteiger partial charge in [-0.1, -0.05) is 19.9 Å². The van der Waals surface area contributed by atoms with E-state index < -0.39 is 5.60 Å². The maximum atomic E-state index is 11.3. The molecule has 0 saturated heterocycles. The summed E-state index contributed by atoms with van der Waals surface area (Å²) in [5.74, 6) is 0.409. The van der Waals surface area contributed by atoms with Crippen LogP contribution < -0.4 is 5.32 Å². The van der Waals surface area contributed by atoms with E-state index in [9.17, 15) is 15.3 Å². The van der Waals surface area contributed by atoms with Gasteiger partial charge in [-0.25, -0.2) is 0 Å². The first-order valence-electron chi connectivity index (χ1n) is 7.43. The van der Waals surface area contributed by atoms with Crippen molar-refractivity contribution in [3.05, 3.63) is 23.8 Å². The number of hydrogen-bond donors (Lipinski definition) is 4. The molecule has 1 aromatic rings. The van der Waals surface area contributed by atoms with Crippen molar-refractivity contribution in [3.8, 4) is 11.5 Å². The lowest BCUT2D eigenvalue weighted by molar-refractivity contribution is -0.0484. The van der Waals surface area contributed by atoms with Crippen molar-refractivity contribution < 1.29 is 15.3 Å². The minimum atomic E-state index is -0.946. The van der Waals surface area contributed by atoms with Gasteiger partial charge in [-0.3, -0.25) is 0 Å². The van der Waals surface area contributed by atoms with Crippen LogP contribution in [0.1, 0.15) is 38.7 Å². The summed E-state index contributed by atoms with van der Waals surface area (Å²) in [5.41, 5.74) is -0.239. The van der Waals surface area contributed by atoms with Crippen molar-refractivity contribution in [1.29, 1.82) is 0 Å². The van der Waals surface area contributed by atoms with Crippen molar-refractivity contribution in [1.82, 2.24) is 5.32 Å². The highest BCUT2D eigenvalue weighted by molar-refractivity contribution is 5.85. The monoisotopic (exact) mass is 313 g/mol. The van der Waals surface area contributed by atoms with Crippen LogP contribution in [0.2, 0.25) is 0 Å². The fraction of sp³-hybridized carbons (Fsp3) is 0.625. The van der Waals surface area contributed by atoms with Gasteiger partial charge in [0.15, 0.2) is 11.5 Å². The molecule has 2 fully saturated rings. The van der Waals surface area contributed by atoms with Gasteiger partial charge in [-0.15, -0.1) is 12.4 Å². The summed E-state index contributed by atoms with van der Waals surface area (Å²) < 4.78 is 0. The zero-order chi connectivity index (χ0) is 14.5. The second-order valence-electron chi connectivity index (χ2n) is 6.60. The molecular formula is C16H24ClNO3. The zero-order valence-electron chi connectivity index (χ0n) is 12.4. The van der Waals surface area contributed by atoms with Crippen LogP contribution >= 0.6 is 12.4 Å². The lowest BCUT2D eigenvalue weighted by Crippen LogP contribution is -2.54. The van der Waals surface area contributed by atoms with Crippen molar-refractivity contribution >= 4 is 12.4 Å². The molecule has 2 saturated carbocycles. The molecule has 21 heavy (non-hydrogen) atoms. The molecule has 4 unspecified atom stereocenters. The molecule has 2 aliphatic carbocycles. The Morgan fingerprint density at radius 2 is 1.90 bits per heavy atom. The summed E-state index contributed by atoms with van der Waals surface area (Å²) in [5, 5.41) is 34.0. The fourth-order valence-electron chi connectivity index (χ4n) is 4.14. The smallest absolute Gasteiger partial charge is 0.157 e. The number of nitrogens with one attached hydrogen (secondary N) is 1. The number of halogens is 1. The normalized spacial score (nSPS) is 34.2. The number of aromatic hydroxyl groups is 2. The highest BCUT2D eigenvalue weighted by Gasteiger charge is 2.58. The van der Waals surface area contributed by atoms with Crippen LogP contribution in [0.25, 0.3) is 0 Å². The van der Waals surface area contributed by atoms with Gasteiger partial charge in [-0.05, 0) is 48.8 Å². The summed E-state index contributed by atoms with van der Waals surface area (Å²) >= 11 is 0. The Morgan fingerprint density at radius 1 is 1.19 bits per heavy atom. The van der Waals surface area contributed by atoms with Gasteiger partial charge >= 0.3 is 0 Å². The molecule has 0 heterocycles. The molecule has 0 aromatic heterocycles. The number of fused-ring (bicyclic) bond motifs is 2. The predicted molar refractivity (Wildman–Crippen MR) is 83.8 cm³/mol. The van der Waals surface area contributed by atoms with Crippen molar-refractivity contribution in [3.63, 3.8) is 0 Å². The second kappa shape index (κ2) is 5.67. The quantitative estimate of drug-likeness (QED) is 0.647. The van der Waals surface area contributed by atoms with E-state index in [2.05, 4.69) is 19.2 Å². The number of phenols is 2. The third kappa shape index (κ3) is 2.50. The van der Waals surface area contributed by atoms with Gasteiger partial charge < -0.3 is 20.6 Å². The van der Waals surface area contributed by atoms with Gasteiger partial charge in [0.05, 0.1) is 0 Å². The summed E-state index contributed by atoms with van der Waals surface area (Å²) in [6.07, 6.45) is 3.21. The molecule has 4 N–H and O–H groups in total. The van der Waals surface area contributed by atoms with Gasteiger partial charge in [0.1, 0.15) is 5.60 Å². The highest BCUT2D eigenvalue weighted by Crippen LogP contribution is 2.56. The van der Waals surface area contributed by atoms with Gasteiger partial charge in [-0.2, -0.15) is 0 Å². The molecule has 0 radical (unpaired) electrons. The Labute approximate surface area is 131 Å². The molecule has 1 aromatic carbocycles. The maximum Gasteiger partial charge on any atom is 0.157 e. The molecule has 2 bridgehead atoms. The SMILES string of the molecule is CC(C)NC1C2CCC(C2)C1(O)c1ccc(O)c(O)c1.Cl. The second-order valence-corrected chi connectivity index (χ2v) is 6.60. The molecule has 118 valence electrons. The molecule has 0 spiro atoms. The minimum absolute atomic E-state index is 0. The molecular weight excluding hydrogens is 290 g/mol. The van der Waals surface area contributed by atoms with Gasteiger partial charge in [0.2, 0.25) is 0 Å². The van der Waals surface area contributed by atoms with E-state index >= 15 is 0 Å². The fourth-order valence-corrected chi connectivity index (χ4v) is 4.14. The predicted octanol–water partition coefficient (Wildman–Crippen LogP) is 2.50. The summed E-state index contributed by atoms with van der Waals surface area (Å²) in [6.45, 7) is 4.17. The maximum absolute atomic E-state index is 11.3. The average molecular weight is 314 g/mol. The Morgan fingerprint density at radius 3 is 2.52 bits per heavy atom. The molecule has 0 aliphatic heterocycles. The minimum Gasteiger partial charge on any atom is -0.504 e. The Kier molecular flexibility index (Phi) is 4.43. The Hall–Kier alpha value is -0.970. The van der Waals surface area contributed by atoms with E-state index in [0.717, 1.165) is 19.3 Å². The summed E-state index contributed by atoms with van der Waals surface area (Å²) in [4.78, 5) is 0. The number of aliphatic hydroxyl groups is 1. The Bertz CT molecular complexity index is 522. The van der Waals surface area contributed by atoms with Crippen LogP contribution in [-0.2, 0) is 5.60 Å². The van der Waals surface area contributed by atoms with Gasteiger partial charge in [0, 0.05) is 12.1 Å². The number of benzene rings is 1. The standard InChI is InChI=1S/C16H23NO3.ClH/c1-9(2)17-15-10-3-4-11(7-10)16(15,20)12-5-6-13(18)14(19)8-12;/h5-6,8-11,15,17-20H,3-4,7H2,1-2H3;1H. The van der Waals surface area contributed by atoms with Gasteiger partial charge in [0.25, 0.3) is 0 Å². The first kappa shape index (κ1) is 16.4. The summed E-state index contributed by atoms with van der Waals surface area (Å²) in [6, 6.07) is 5.01. The third-order valence-corrected chi connectivity index (χ3v) is 4.99. The largest absolute Gasteiger partial charge is 0.504 e. The molecule has 4 atom stereocenters. The molecule has 2 aliphatic rings. The number of rotatable bonds is 3. The van der Waals surface area contributed by atoms with E-state index in [1.807, 2.05) is 0 Å². The van der Waals surface area contributed by atoms with Crippen molar-refractivity contribution in [2.75, 3.05) is 0 Å². The molecule has 3 rings (SSSR count). The molecule has 5 heteroatoms. The lowest BCUT2D eigenvalue weighted by Gasteiger charge is -2.41. The molecule has 4 nitrogen and oxygen atoms in total. The zero-order valence-corrected chi connectivity index (χ0v) is 13.2. The first-order valence-corrected chi connectivity index (χ1v) is 7.43. The van der Waals surface area contributed by atoms with E-state index in [-0.39, 0.29) is 35.9 Å². The summed E-state index contributed by atoms with van der Waals surface area (Å²) in [7, 11) is 0. The van der Waals surface area contributed by atoms with Crippen LogP contribution in [0.5, 0.6) is 11.5 Å². The van der Waals surface area contributed by atoms with Crippen LogP contribution in [0.4, 0.5) is 0 Å². The van der Waals surface area contributed by atoms with E-state index in [0.29, 0.717) is 17.5 Å². The average Bonchev–Trinajstić information content (AvgIpc) is 2.95. The van der Waals surface area contributed by atoms with Crippen molar-refractivity contribution in [2.45, 2.75) is 50.8 Å². The lowest BCUT2D eigenvalue weighted by atomic mass is 9.75. The topological polar surface area (TPSA) is 72.7 Å². The van der Waals surface area contributed by atoms with E-state index in [1.54, 1.807) is 6.07 Å². The first-order chi connectivity index (χ1) is 9.42.